The van der Waals surface area contributed by atoms with Crippen LogP contribution in [0.15, 0.2) is 48.5 Å². The monoisotopic (exact) mass is 340 g/mol. The molecule has 2 aromatic rings. The Morgan fingerprint density at radius 3 is 2.28 bits per heavy atom. The van der Waals surface area contributed by atoms with Gasteiger partial charge in [0.1, 0.15) is 5.75 Å². The lowest BCUT2D eigenvalue weighted by Crippen LogP contribution is -2.23. The maximum Gasteiger partial charge on any atom is 0.259 e. The van der Waals surface area contributed by atoms with E-state index in [2.05, 4.69) is 5.32 Å². The number of nitrogens with zero attached hydrogens (tertiary/aromatic N) is 1. The van der Waals surface area contributed by atoms with Crippen molar-refractivity contribution in [3.63, 3.8) is 0 Å². The number of para-hydroxylation sites is 1. The summed E-state index contributed by atoms with van der Waals surface area (Å²) in [6.07, 6.45) is 0.328. The van der Waals surface area contributed by atoms with Crippen LogP contribution in [-0.2, 0) is 11.2 Å². The molecule has 0 radical (unpaired) electrons. The average molecular weight is 340 g/mol. The lowest BCUT2D eigenvalue weighted by molar-refractivity contribution is -0.127. The molecule has 0 aliphatic carbocycles. The van der Waals surface area contributed by atoms with Crippen LogP contribution >= 0.6 is 0 Å². The Labute approximate surface area is 148 Å². The minimum absolute atomic E-state index is 0.0116. The van der Waals surface area contributed by atoms with Crippen LogP contribution in [0.25, 0.3) is 0 Å². The molecule has 0 bridgehead atoms. The summed E-state index contributed by atoms with van der Waals surface area (Å²) in [7, 11) is 3.46. The number of nitrogens with one attached hydrogen (secondary N) is 1. The Bertz CT molecular complexity index is 737. The van der Waals surface area contributed by atoms with Gasteiger partial charge in [0, 0.05) is 19.8 Å². The van der Waals surface area contributed by atoms with Crippen molar-refractivity contribution in [2.24, 2.45) is 0 Å². The Balaban J connectivity index is 2.07. The molecule has 0 unspecified atom stereocenters. The first-order valence-electron chi connectivity index (χ1n) is 8.23. The maximum absolute atomic E-state index is 12.5. The van der Waals surface area contributed by atoms with E-state index in [1.54, 1.807) is 49.3 Å². The SMILES string of the molecule is CC(C)Oc1ccccc1C(=O)Nc1ccc(CC(=O)N(C)C)cc1. The normalized spacial score (nSPS) is 10.4. The first-order valence-corrected chi connectivity index (χ1v) is 8.23. The fourth-order valence-electron chi connectivity index (χ4n) is 2.25. The van der Waals surface area contributed by atoms with Gasteiger partial charge in [0.25, 0.3) is 5.91 Å². The molecule has 25 heavy (non-hydrogen) atoms. The highest BCUT2D eigenvalue weighted by molar-refractivity contribution is 6.06. The van der Waals surface area contributed by atoms with Gasteiger partial charge >= 0.3 is 0 Å². The molecular formula is C20H24N2O3. The second kappa shape index (κ2) is 8.33. The zero-order valence-corrected chi connectivity index (χ0v) is 15.1. The van der Waals surface area contributed by atoms with Gasteiger partial charge in [-0.05, 0) is 43.7 Å². The molecule has 0 saturated carbocycles. The zero-order valence-electron chi connectivity index (χ0n) is 15.1. The van der Waals surface area contributed by atoms with E-state index < -0.39 is 0 Å². The molecular weight excluding hydrogens is 316 g/mol. The lowest BCUT2D eigenvalue weighted by Gasteiger charge is -2.14. The molecule has 2 aromatic carbocycles. The lowest BCUT2D eigenvalue weighted by atomic mass is 10.1. The fourth-order valence-corrected chi connectivity index (χ4v) is 2.25. The van der Waals surface area contributed by atoms with Crippen molar-refractivity contribution < 1.29 is 14.3 Å². The molecule has 0 saturated heterocycles. The van der Waals surface area contributed by atoms with Crippen molar-refractivity contribution in [2.75, 3.05) is 19.4 Å². The number of hydrogen-bond donors (Lipinski definition) is 1. The van der Waals surface area contributed by atoms with Gasteiger partial charge in [-0.3, -0.25) is 9.59 Å². The molecule has 132 valence electrons. The van der Waals surface area contributed by atoms with Gasteiger partial charge in [-0.25, -0.2) is 0 Å². The van der Waals surface area contributed by atoms with Gasteiger partial charge in [0.15, 0.2) is 0 Å². The van der Waals surface area contributed by atoms with Crippen LogP contribution in [0.5, 0.6) is 5.75 Å². The molecule has 0 aromatic heterocycles. The van der Waals surface area contributed by atoms with E-state index in [1.165, 1.54) is 0 Å². The van der Waals surface area contributed by atoms with Crippen LogP contribution in [-0.4, -0.2) is 36.9 Å². The highest BCUT2D eigenvalue weighted by atomic mass is 16.5. The molecule has 0 heterocycles. The summed E-state index contributed by atoms with van der Waals surface area (Å²) in [6.45, 7) is 3.84. The second-order valence-electron chi connectivity index (χ2n) is 6.28. The quantitative estimate of drug-likeness (QED) is 0.877. The van der Waals surface area contributed by atoms with Gasteiger partial charge in [-0.15, -0.1) is 0 Å². The summed E-state index contributed by atoms with van der Waals surface area (Å²) in [6, 6.07) is 14.4. The second-order valence-corrected chi connectivity index (χ2v) is 6.28. The standard InChI is InChI=1S/C20H24N2O3/c1-14(2)25-18-8-6-5-7-17(18)20(24)21-16-11-9-15(10-12-16)13-19(23)22(3)4/h5-12,14H,13H2,1-4H3,(H,21,24). The summed E-state index contributed by atoms with van der Waals surface area (Å²) < 4.78 is 5.69. The van der Waals surface area contributed by atoms with Gasteiger partial charge < -0.3 is 15.0 Å². The Kier molecular flexibility index (Phi) is 6.17. The van der Waals surface area contributed by atoms with E-state index in [1.807, 2.05) is 32.0 Å². The smallest absolute Gasteiger partial charge is 0.259 e. The van der Waals surface area contributed by atoms with Crippen molar-refractivity contribution >= 4 is 17.5 Å². The van der Waals surface area contributed by atoms with Crippen molar-refractivity contribution in [3.8, 4) is 5.75 Å². The van der Waals surface area contributed by atoms with Crippen molar-refractivity contribution in [1.82, 2.24) is 4.90 Å². The fraction of sp³-hybridized carbons (Fsp3) is 0.300. The third kappa shape index (κ3) is 5.35. The topological polar surface area (TPSA) is 58.6 Å². The summed E-state index contributed by atoms with van der Waals surface area (Å²) in [4.78, 5) is 25.8. The first kappa shape index (κ1) is 18.5. The van der Waals surface area contributed by atoms with E-state index >= 15 is 0 Å². The van der Waals surface area contributed by atoms with Gasteiger partial charge in [0.05, 0.1) is 18.1 Å². The average Bonchev–Trinajstić information content (AvgIpc) is 2.56. The van der Waals surface area contributed by atoms with E-state index in [9.17, 15) is 9.59 Å². The summed E-state index contributed by atoms with van der Waals surface area (Å²) in [5, 5.41) is 2.86. The Hall–Kier alpha value is -2.82. The Morgan fingerprint density at radius 1 is 1.04 bits per heavy atom. The molecule has 1 N–H and O–H groups in total. The number of rotatable bonds is 6. The Morgan fingerprint density at radius 2 is 1.68 bits per heavy atom. The van der Waals surface area contributed by atoms with E-state index in [-0.39, 0.29) is 17.9 Å². The molecule has 5 nitrogen and oxygen atoms in total. The highest BCUT2D eigenvalue weighted by Crippen LogP contribution is 2.21. The highest BCUT2D eigenvalue weighted by Gasteiger charge is 2.13. The molecule has 0 spiro atoms. The molecule has 5 heteroatoms. The summed E-state index contributed by atoms with van der Waals surface area (Å²) in [5.74, 6) is 0.369. The van der Waals surface area contributed by atoms with E-state index in [4.69, 9.17) is 4.74 Å². The van der Waals surface area contributed by atoms with Gasteiger partial charge in [-0.1, -0.05) is 24.3 Å². The third-order valence-electron chi connectivity index (χ3n) is 3.56. The van der Waals surface area contributed by atoms with Crippen molar-refractivity contribution in [2.45, 2.75) is 26.4 Å². The van der Waals surface area contributed by atoms with Crippen LogP contribution in [0.3, 0.4) is 0 Å². The largest absolute Gasteiger partial charge is 0.490 e. The molecule has 2 rings (SSSR count). The van der Waals surface area contributed by atoms with Crippen molar-refractivity contribution in [3.05, 3.63) is 59.7 Å². The number of likely N-dealkylation sites (N-methyl/N-ethyl adjacent to an activating group) is 1. The van der Waals surface area contributed by atoms with Crippen molar-refractivity contribution in [1.29, 1.82) is 0 Å². The number of carbonyl (C=O) groups excluding carboxylic acids is 2. The first-order chi connectivity index (χ1) is 11.9. The van der Waals surface area contributed by atoms with Crippen LogP contribution < -0.4 is 10.1 Å². The molecule has 0 aliphatic heterocycles. The maximum atomic E-state index is 12.5. The molecule has 0 aliphatic rings. The number of hydrogen-bond acceptors (Lipinski definition) is 3. The predicted octanol–water partition coefficient (Wildman–Crippen LogP) is 3.36. The summed E-state index contributed by atoms with van der Waals surface area (Å²) in [5.41, 5.74) is 2.06. The minimum atomic E-state index is -0.228. The third-order valence-corrected chi connectivity index (χ3v) is 3.56. The van der Waals surface area contributed by atoms with E-state index in [0.29, 0.717) is 23.4 Å². The van der Waals surface area contributed by atoms with Crippen LogP contribution in [0.4, 0.5) is 5.69 Å². The predicted molar refractivity (Wildman–Crippen MR) is 99.0 cm³/mol. The summed E-state index contributed by atoms with van der Waals surface area (Å²) >= 11 is 0. The molecule has 0 atom stereocenters. The molecule has 2 amide bonds. The number of carbonyl (C=O) groups is 2. The number of ether oxygens (including phenoxy) is 1. The van der Waals surface area contributed by atoms with Crippen LogP contribution in [0.1, 0.15) is 29.8 Å². The van der Waals surface area contributed by atoms with E-state index in [0.717, 1.165) is 5.56 Å². The van der Waals surface area contributed by atoms with Gasteiger partial charge in [0.2, 0.25) is 5.91 Å². The van der Waals surface area contributed by atoms with Crippen LogP contribution in [0, 0.1) is 0 Å². The molecule has 0 fully saturated rings. The zero-order chi connectivity index (χ0) is 18.4. The number of benzene rings is 2. The van der Waals surface area contributed by atoms with Gasteiger partial charge in [-0.2, -0.15) is 0 Å². The number of amides is 2. The minimum Gasteiger partial charge on any atom is -0.490 e. The number of anilines is 1. The van der Waals surface area contributed by atoms with Crippen LogP contribution in [0.2, 0.25) is 0 Å².